The normalized spacial score (nSPS) is 11.2. The molecule has 0 bridgehead atoms. The van der Waals surface area contributed by atoms with Crippen molar-refractivity contribution in [3.05, 3.63) is 77.8 Å². The topological polar surface area (TPSA) is 118 Å². The molecule has 0 radical (unpaired) electrons. The summed E-state index contributed by atoms with van der Waals surface area (Å²) >= 11 is 1.18. The van der Waals surface area contributed by atoms with Crippen molar-refractivity contribution in [2.24, 2.45) is 0 Å². The van der Waals surface area contributed by atoms with Crippen LogP contribution in [0.2, 0.25) is 0 Å². The van der Waals surface area contributed by atoms with Crippen LogP contribution in [-0.4, -0.2) is 24.5 Å². The van der Waals surface area contributed by atoms with E-state index in [0.29, 0.717) is 21.7 Å². The van der Waals surface area contributed by atoms with Crippen LogP contribution < -0.4 is 14.9 Å². The fourth-order valence-corrected chi connectivity index (χ4v) is 4.61. The first-order chi connectivity index (χ1) is 14.4. The first kappa shape index (κ1) is 19.8. The number of carbonyl (C=O) groups excluding carboxylic acids is 1. The maximum Gasteiger partial charge on any atom is 0.284 e. The maximum atomic E-state index is 12.7. The van der Waals surface area contributed by atoms with E-state index in [2.05, 4.69) is 9.71 Å². The van der Waals surface area contributed by atoms with Crippen molar-refractivity contribution in [3.63, 3.8) is 0 Å². The van der Waals surface area contributed by atoms with Crippen LogP contribution in [0.3, 0.4) is 0 Å². The number of para-hydroxylation sites is 1. The highest BCUT2D eigenvalue weighted by molar-refractivity contribution is 7.92. The van der Waals surface area contributed by atoms with Gasteiger partial charge in [0.15, 0.2) is 0 Å². The molecule has 4 aromatic rings. The second kappa shape index (κ2) is 8.11. The Morgan fingerprint density at radius 1 is 1.03 bits per heavy atom. The molecule has 10 heteroatoms. The van der Waals surface area contributed by atoms with Crippen LogP contribution in [0.1, 0.15) is 9.67 Å². The molecule has 30 heavy (non-hydrogen) atoms. The number of fused-ring (bicyclic) bond motifs is 1. The van der Waals surface area contributed by atoms with Gasteiger partial charge in [0.05, 0.1) is 11.1 Å². The Kier molecular flexibility index (Phi) is 5.36. The second-order valence-corrected chi connectivity index (χ2v) is 8.92. The summed E-state index contributed by atoms with van der Waals surface area (Å²) in [7, 11) is -3.87. The number of thiophene rings is 1. The van der Waals surface area contributed by atoms with E-state index in [1.54, 1.807) is 41.9 Å². The van der Waals surface area contributed by atoms with Crippen LogP contribution in [0, 0.1) is 0 Å². The van der Waals surface area contributed by atoms with Crippen molar-refractivity contribution in [1.82, 2.24) is 10.5 Å². The standard InChI is InChI=1S/C20H15N3O5S2/c24-20(22-25)18-11-13-10-14(6-8-17(13)29-18)23-30(26,27)16-7-9-19(21-12-16)28-15-4-2-1-3-5-15/h1-12,23,25H,(H,22,24). The first-order valence-electron chi connectivity index (χ1n) is 8.64. The number of benzene rings is 2. The van der Waals surface area contributed by atoms with Gasteiger partial charge in [0.1, 0.15) is 10.6 Å². The minimum absolute atomic E-state index is 0.0197. The molecule has 2 aromatic carbocycles. The number of hydrogen-bond donors (Lipinski definition) is 3. The summed E-state index contributed by atoms with van der Waals surface area (Å²) in [5, 5.41) is 9.42. The number of nitrogens with zero attached hydrogens (tertiary/aromatic N) is 1. The average molecular weight is 441 g/mol. The largest absolute Gasteiger partial charge is 0.439 e. The summed E-state index contributed by atoms with van der Waals surface area (Å²) in [4.78, 5) is 15.9. The Morgan fingerprint density at radius 2 is 1.83 bits per heavy atom. The zero-order chi connectivity index (χ0) is 21.1. The fraction of sp³-hybridized carbons (Fsp3) is 0. The van der Waals surface area contributed by atoms with Gasteiger partial charge in [0.25, 0.3) is 15.9 Å². The molecule has 8 nitrogen and oxygen atoms in total. The molecular formula is C20H15N3O5S2. The molecule has 0 unspecified atom stereocenters. The average Bonchev–Trinajstić information content (AvgIpc) is 3.17. The van der Waals surface area contributed by atoms with E-state index in [9.17, 15) is 13.2 Å². The number of carbonyl (C=O) groups is 1. The molecule has 4 rings (SSSR count). The van der Waals surface area contributed by atoms with Crippen molar-refractivity contribution in [2.45, 2.75) is 4.90 Å². The summed E-state index contributed by atoms with van der Waals surface area (Å²) in [5.41, 5.74) is 1.91. The molecule has 1 amide bonds. The number of hydrogen-bond acceptors (Lipinski definition) is 7. The van der Waals surface area contributed by atoms with E-state index in [-0.39, 0.29) is 10.8 Å². The third-order valence-electron chi connectivity index (χ3n) is 4.08. The molecule has 3 N–H and O–H groups in total. The lowest BCUT2D eigenvalue weighted by molar-refractivity contribution is 0.0711. The van der Waals surface area contributed by atoms with Gasteiger partial charge in [-0.3, -0.25) is 14.7 Å². The first-order valence-corrected chi connectivity index (χ1v) is 10.9. The molecule has 0 aliphatic heterocycles. The van der Waals surface area contributed by atoms with Gasteiger partial charge in [-0.15, -0.1) is 11.3 Å². The lowest BCUT2D eigenvalue weighted by Crippen LogP contribution is -2.16. The zero-order valence-corrected chi connectivity index (χ0v) is 16.9. The number of anilines is 1. The highest BCUT2D eigenvalue weighted by Gasteiger charge is 2.16. The lowest BCUT2D eigenvalue weighted by atomic mass is 10.2. The molecule has 2 heterocycles. The van der Waals surface area contributed by atoms with E-state index < -0.39 is 15.9 Å². The second-order valence-electron chi connectivity index (χ2n) is 6.16. The van der Waals surface area contributed by atoms with E-state index in [0.717, 1.165) is 4.70 Å². The van der Waals surface area contributed by atoms with E-state index in [1.165, 1.54) is 29.7 Å². The summed E-state index contributed by atoms with van der Waals surface area (Å²) in [6.45, 7) is 0. The number of pyridine rings is 1. The van der Waals surface area contributed by atoms with Crippen LogP contribution in [-0.2, 0) is 10.0 Å². The van der Waals surface area contributed by atoms with Gasteiger partial charge in [0, 0.05) is 16.5 Å². The summed E-state index contributed by atoms with van der Waals surface area (Å²) < 4.78 is 34.2. The minimum Gasteiger partial charge on any atom is -0.439 e. The van der Waals surface area contributed by atoms with Gasteiger partial charge in [-0.2, -0.15) is 0 Å². The van der Waals surface area contributed by atoms with Crippen molar-refractivity contribution in [2.75, 3.05) is 4.72 Å². The van der Waals surface area contributed by atoms with Crippen molar-refractivity contribution in [3.8, 4) is 11.6 Å². The van der Waals surface area contributed by atoms with Crippen LogP contribution >= 0.6 is 11.3 Å². The minimum atomic E-state index is -3.87. The fourth-order valence-electron chi connectivity index (χ4n) is 2.68. The number of amides is 1. The number of aromatic nitrogens is 1. The van der Waals surface area contributed by atoms with E-state index in [1.807, 2.05) is 18.2 Å². The molecule has 0 fully saturated rings. The number of rotatable bonds is 6. The molecule has 0 atom stereocenters. The van der Waals surface area contributed by atoms with Crippen molar-refractivity contribution in [1.29, 1.82) is 0 Å². The predicted molar refractivity (Wildman–Crippen MR) is 113 cm³/mol. The van der Waals surface area contributed by atoms with Crippen molar-refractivity contribution < 1.29 is 23.2 Å². The number of sulfonamides is 1. The number of ether oxygens (including phenoxy) is 1. The molecule has 2 aromatic heterocycles. The quantitative estimate of drug-likeness (QED) is 0.307. The van der Waals surface area contributed by atoms with Crippen molar-refractivity contribution >= 4 is 43.0 Å². The van der Waals surface area contributed by atoms with Gasteiger partial charge >= 0.3 is 0 Å². The molecule has 0 aliphatic rings. The Bertz CT molecular complexity index is 1300. The summed E-state index contributed by atoms with van der Waals surface area (Å²) in [5.74, 6) is 0.244. The van der Waals surface area contributed by atoms with Crippen LogP contribution in [0.4, 0.5) is 5.69 Å². The highest BCUT2D eigenvalue weighted by Crippen LogP contribution is 2.29. The molecule has 0 spiro atoms. The third kappa shape index (κ3) is 4.25. The Hall–Kier alpha value is -3.47. The SMILES string of the molecule is O=C(NO)c1cc2cc(NS(=O)(=O)c3ccc(Oc4ccccc4)nc3)ccc2s1. The summed E-state index contributed by atoms with van der Waals surface area (Å²) in [6, 6.07) is 18.4. The van der Waals surface area contributed by atoms with Crippen LogP contribution in [0.15, 0.2) is 77.8 Å². The van der Waals surface area contributed by atoms with Gasteiger partial charge in [-0.1, -0.05) is 18.2 Å². The Labute approximate surface area is 175 Å². The molecule has 0 saturated carbocycles. The van der Waals surface area contributed by atoms with Gasteiger partial charge in [0.2, 0.25) is 5.88 Å². The smallest absolute Gasteiger partial charge is 0.284 e. The number of nitrogens with one attached hydrogen (secondary N) is 2. The Balaban J connectivity index is 1.53. The van der Waals surface area contributed by atoms with E-state index in [4.69, 9.17) is 9.94 Å². The number of hydroxylamine groups is 1. The third-order valence-corrected chi connectivity index (χ3v) is 6.56. The van der Waals surface area contributed by atoms with E-state index >= 15 is 0 Å². The van der Waals surface area contributed by atoms with Crippen LogP contribution in [0.5, 0.6) is 11.6 Å². The molecule has 0 aliphatic carbocycles. The lowest BCUT2D eigenvalue weighted by Gasteiger charge is -2.09. The maximum absolute atomic E-state index is 12.7. The molecular weight excluding hydrogens is 426 g/mol. The monoisotopic (exact) mass is 441 g/mol. The highest BCUT2D eigenvalue weighted by atomic mass is 32.2. The predicted octanol–water partition coefficient (Wildman–Crippen LogP) is 4.01. The molecule has 152 valence electrons. The Morgan fingerprint density at radius 3 is 2.53 bits per heavy atom. The zero-order valence-electron chi connectivity index (χ0n) is 15.3. The van der Waals surface area contributed by atoms with Gasteiger partial charge < -0.3 is 4.74 Å². The summed E-state index contributed by atoms with van der Waals surface area (Å²) in [6.07, 6.45) is 1.22. The molecule has 0 saturated heterocycles. The van der Waals surface area contributed by atoms with Gasteiger partial charge in [-0.05, 0) is 47.9 Å². The van der Waals surface area contributed by atoms with Crippen LogP contribution in [0.25, 0.3) is 10.1 Å². The van der Waals surface area contributed by atoms with Gasteiger partial charge in [-0.25, -0.2) is 18.9 Å².